The second kappa shape index (κ2) is 7.60. The van der Waals surface area contributed by atoms with Crippen LogP contribution in [0.1, 0.15) is 37.8 Å². The molecule has 2 N–H and O–H groups in total. The van der Waals surface area contributed by atoms with E-state index in [2.05, 4.69) is 17.6 Å². The summed E-state index contributed by atoms with van der Waals surface area (Å²) in [6.45, 7) is 4.47. The average Bonchev–Trinajstić information content (AvgIpc) is 3.28. The average molecular weight is 371 g/mol. The molecule has 1 saturated heterocycles. The molecular formula is C20H25N3O4. The molecule has 3 amide bonds. The first-order chi connectivity index (χ1) is 13.2. The van der Waals surface area contributed by atoms with Crippen LogP contribution in [-0.4, -0.2) is 49.2 Å². The summed E-state index contributed by atoms with van der Waals surface area (Å²) in [5.74, 6) is 0.747. The molecule has 0 aromatic heterocycles. The third kappa shape index (κ3) is 3.64. The van der Waals surface area contributed by atoms with Gasteiger partial charge >= 0.3 is 6.03 Å². The molecule has 0 unspecified atom stereocenters. The minimum absolute atomic E-state index is 0.0377. The van der Waals surface area contributed by atoms with Crippen LogP contribution < -0.4 is 15.4 Å². The van der Waals surface area contributed by atoms with Crippen LogP contribution in [0.25, 0.3) is 0 Å². The molecule has 144 valence electrons. The van der Waals surface area contributed by atoms with Gasteiger partial charge in [-0.25, -0.2) is 4.79 Å². The van der Waals surface area contributed by atoms with Crippen LogP contribution in [0.5, 0.6) is 5.75 Å². The molecule has 7 heteroatoms. The van der Waals surface area contributed by atoms with Crippen molar-refractivity contribution in [3.8, 4) is 5.75 Å². The topological polar surface area (TPSA) is 79.9 Å². The van der Waals surface area contributed by atoms with Crippen molar-refractivity contribution in [2.24, 2.45) is 0 Å². The molecule has 7 nitrogen and oxygen atoms in total. The Labute approximate surface area is 158 Å². The number of ether oxygens (including phenoxy) is 2. The molecule has 3 heterocycles. The van der Waals surface area contributed by atoms with Crippen molar-refractivity contribution in [3.63, 3.8) is 0 Å². The second-order valence-electron chi connectivity index (χ2n) is 7.16. The van der Waals surface area contributed by atoms with Gasteiger partial charge in [-0.3, -0.25) is 4.79 Å². The van der Waals surface area contributed by atoms with Crippen molar-refractivity contribution >= 4 is 11.9 Å². The SMILES string of the molecule is CCCOc1ccc([C@H]2NC(=O)NC3=C2C(=O)N(C[C@@H]2CCCO2)C3)cc1. The minimum Gasteiger partial charge on any atom is -0.494 e. The summed E-state index contributed by atoms with van der Waals surface area (Å²) < 4.78 is 11.3. The predicted molar refractivity (Wildman–Crippen MR) is 99.2 cm³/mol. The molecule has 1 aromatic carbocycles. The van der Waals surface area contributed by atoms with Gasteiger partial charge in [-0.2, -0.15) is 0 Å². The molecule has 4 rings (SSSR count). The zero-order valence-corrected chi connectivity index (χ0v) is 15.5. The van der Waals surface area contributed by atoms with Gasteiger partial charge in [-0.1, -0.05) is 19.1 Å². The number of benzene rings is 1. The van der Waals surface area contributed by atoms with Crippen molar-refractivity contribution in [3.05, 3.63) is 41.1 Å². The Bertz CT molecular complexity index is 753. The zero-order chi connectivity index (χ0) is 18.8. The number of carbonyl (C=O) groups is 2. The lowest BCUT2D eigenvalue weighted by Gasteiger charge is -2.25. The van der Waals surface area contributed by atoms with E-state index in [1.54, 1.807) is 4.90 Å². The van der Waals surface area contributed by atoms with Crippen LogP contribution in [0, 0.1) is 0 Å². The number of nitrogens with zero attached hydrogens (tertiary/aromatic N) is 1. The Morgan fingerprint density at radius 3 is 2.78 bits per heavy atom. The van der Waals surface area contributed by atoms with Gasteiger partial charge in [0, 0.05) is 13.2 Å². The third-order valence-electron chi connectivity index (χ3n) is 5.15. The fourth-order valence-electron chi connectivity index (χ4n) is 3.84. The van der Waals surface area contributed by atoms with E-state index in [4.69, 9.17) is 9.47 Å². The number of hydrogen-bond donors (Lipinski definition) is 2. The number of amides is 3. The van der Waals surface area contributed by atoms with Crippen molar-refractivity contribution in [1.82, 2.24) is 15.5 Å². The first-order valence-electron chi connectivity index (χ1n) is 9.60. The van der Waals surface area contributed by atoms with Gasteiger partial charge in [0.1, 0.15) is 5.75 Å². The molecule has 27 heavy (non-hydrogen) atoms. The quantitative estimate of drug-likeness (QED) is 0.803. The fraction of sp³-hybridized carbons (Fsp3) is 0.500. The largest absolute Gasteiger partial charge is 0.494 e. The molecule has 0 saturated carbocycles. The van der Waals surface area contributed by atoms with Crippen LogP contribution in [-0.2, 0) is 9.53 Å². The molecule has 1 fully saturated rings. The highest BCUT2D eigenvalue weighted by molar-refractivity contribution is 6.01. The number of urea groups is 1. The number of carbonyl (C=O) groups excluding carboxylic acids is 2. The highest BCUT2D eigenvalue weighted by atomic mass is 16.5. The van der Waals surface area contributed by atoms with Crippen LogP contribution in [0.3, 0.4) is 0 Å². The van der Waals surface area contributed by atoms with Crippen LogP contribution in [0.15, 0.2) is 35.5 Å². The van der Waals surface area contributed by atoms with Gasteiger partial charge < -0.3 is 25.0 Å². The summed E-state index contributed by atoms with van der Waals surface area (Å²) >= 11 is 0. The summed E-state index contributed by atoms with van der Waals surface area (Å²) in [6, 6.07) is 6.84. The monoisotopic (exact) mass is 371 g/mol. The van der Waals surface area contributed by atoms with Gasteiger partial charge in [-0.05, 0) is 37.0 Å². The molecule has 0 radical (unpaired) electrons. The standard InChI is InChI=1S/C20H25N3O4/c1-2-9-26-14-7-5-13(6-8-14)18-17-16(21-20(25)22-18)12-23(19(17)24)11-15-4-3-10-27-15/h5-8,15,18H,2-4,9-12H2,1H3,(H2,21,22,25)/t15-,18+/m0/s1. The maximum atomic E-state index is 13.0. The summed E-state index contributed by atoms with van der Waals surface area (Å²) in [5, 5.41) is 5.69. The van der Waals surface area contributed by atoms with Crippen LogP contribution >= 0.6 is 0 Å². The molecule has 3 aliphatic heterocycles. The van der Waals surface area contributed by atoms with Gasteiger partial charge in [0.15, 0.2) is 0 Å². The Kier molecular flexibility index (Phi) is 5.03. The number of nitrogens with one attached hydrogen (secondary N) is 2. The molecule has 0 spiro atoms. The maximum absolute atomic E-state index is 13.0. The van der Waals surface area contributed by atoms with E-state index in [-0.39, 0.29) is 18.0 Å². The van der Waals surface area contributed by atoms with Crippen molar-refractivity contribution in [2.45, 2.75) is 38.3 Å². The van der Waals surface area contributed by atoms with Crippen molar-refractivity contribution < 1.29 is 19.1 Å². The molecule has 1 aromatic rings. The minimum atomic E-state index is -0.448. The zero-order valence-electron chi connectivity index (χ0n) is 15.5. The Morgan fingerprint density at radius 1 is 1.26 bits per heavy atom. The van der Waals surface area contributed by atoms with Gasteiger partial charge in [-0.15, -0.1) is 0 Å². The summed E-state index contributed by atoms with van der Waals surface area (Å²) in [7, 11) is 0. The molecule has 3 aliphatic rings. The van der Waals surface area contributed by atoms with E-state index in [0.717, 1.165) is 37.2 Å². The lowest BCUT2D eigenvalue weighted by atomic mass is 9.96. The van der Waals surface area contributed by atoms with E-state index in [9.17, 15) is 9.59 Å². The first-order valence-corrected chi connectivity index (χ1v) is 9.60. The Morgan fingerprint density at radius 2 is 2.07 bits per heavy atom. The molecular weight excluding hydrogens is 346 g/mol. The Hall–Kier alpha value is -2.54. The highest BCUT2D eigenvalue weighted by Gasteiger charge is 2.41. The lowest BCUT2D eigenvalue weighted by molar-refractivity contribution is -0.127. The number of rotatable bonds is 6. The van der Waals surface area contributed by atoms with Crippen LogP contribution in [0.2, 0.25) is 0 Å². The normalized spacial score (nSPS) is 24.7. The van der Waals surface area contributed by atoms with E-state index in [0.29, 0.717) is 31.0 Å². The second-order valence-corrected chi connectivity index (χ2v) is 7.16. The lowest BCUT2D eigenvalue weighted by Crippen LogP contribution is -2.44. The van der Waals surface area contributed by atoms with E-state index >= 15 is 0 Å². The first kappa shape index (κ1) is 17.9. The number of hydrogen-bond acceptors (Lipinski definition) is 4. The van der Waals surface area contributed by atoms with E-state index in [1.165, 1.54) is 0 Å². The van der Waals surface area contributed by atoms with Gasteiger partial charge in [0.05, 0.1) is 36.6 Å². The highest BCUT2D eigenvalue weighted by Crippen LogP contribution is 2.33. The van der Waals surface area contributed by atoms with Crippen molar-refractivity contribution in [1.29, 1.82) is 0 Å². The predicted octanol–water partition coefficient (Wildman–Crippen LogP) is 2.10. The van der Waals surface area contributed by atoms with Gasteiger partial charge in [0.2, 0.25) is 0 Å². The summed E-state index contributed by atoms with van der Waals surface area (Å²) in [5.41, 5.74) is 2.18. The van der Waals surface area contributed by atoms with E-state index < -0.39 is 6.04 Å². The summed E-state index contributed by atoms with van der Waals surface area (Å²) in [6.07, 6.45) is 3.04. The Balaban J connectivity index is 1.53. The molecule has 0 aliphatic carbocycles. The fourth-order valence-corrected chi connectivity index (χ4v) is 3.84. The summed E-state index contributed by atoms with van der Waals surface area (Å²) in [4.78, 5) is 26.9. The maximum Gasteiger partial charge on any atom is 0.319 e. The molecule has 0 bridgehead atoms. The van der Waals surface area contributed by atoms with Gasteiger partial charge in [0.25, 0.3) is 5.91 Å². The van der Waals surface area contributed by atoms with Crippen LogP contribution in [0.4, 0.5) is 4.79 Å². The van der Waals surface area contributed by atoms with E-state index in [1.807, 2.05) is 24.3 Å². The third-order valence-corrected chi connectivity index (χ3v) is 5.15. The molecule has 2 atom stereocenters. The smallest absolute Gasteiger partial charge is 0.319 e. The van der Waals surface area contributed by atoms with Crippen molar-refractivity contribution in [2.75, 3.05) is 26.3 Å².